The van der Waals surface area contributed by atoms with Gasteiger partial charge in [0.05, 0.1) is 19.8 Å². The standard InChI is InChI=1S/C16H34N4O4/c1-3-9-23-11-12-24-10-8-20-16(22)14(2)13-15(21)19-7-6-18-5-4-17/h14,18H,3-13,17H2,1-2H3,(H,19,21)(H,20,22). The monoisotopic (exact) mass is 346 g/mol. The first-order valence-corrected chi connectivity index (χ1v) is 8.72. The highest BCUT2D eigenvalue weighted by Crippen LogP contribution is 2.01. The topological polar surface area (TPSA) is 115 Å². The molecule has 142 valence electrons. The zero-order valence-corrected chi connectivity index (χ0v) is 15.1. The second-order valence-electron chi connectivity index (χ2n) is 5.51. The highest BCUT2D eigenvalue weighted by Gasteiger charge is 2.16. The Morgan fingerprint density at radius 2 is 1.67 bits per heavy atom. The van der Waals surface area contributed by atoms with Crippen molar-refractivity contribution in [1.29, 1.82) is 0 Å². The molecule has 0 radical (unpaired) electrons. The summed E-state index contributed by atoms with van der Waals surface area (Å²) >= 11 is 0. The molecular formula is C16H34N4O4. The summed E-state index contributed by atoms with van der Waals surface area (Å²) in [6.45, 7) is 8.98. The Morgan fingerprint density at radius 3 is 2.33 bits per heavy atom. The van der Waals surface area contributed by atoms with E-state index in [4.69, 9.17) is 15.2 Å². The lowest BCUT2D eigenvalue weighted by atomic mass is 10.1. The maximum Gasteiger partial charge on any atom is 0.223 e. The smallest absolute Gasteiger partial charge is 0.223 e. The summed E-state index contributed by atoms with van der Waals surface area (Å²) in [6, 6.07) is 0. The van der Waals surface area contributed by atoms with E-state index in [0.717, 1.165) is 19.6 Å². The van der Waals surface area contributed by atoms with Gasteiger partial charge in [-0.05, 0) is 6.42 Å². The van der Waals surface area contributed by atoms with Gasteiger partial charge in [-0.2, -0.15) is 0 Å². The molecule has 2 amide bonds. The van der Waals surface area contributed by atoms with Gasteiger partial charge in [0.1, 0.15) is 0 Å². The minimum atomic E-state index is -0.366. The van der Waals surface area contributed by atoms with Crippen molar-refractivity contribution in [3.05, 3.63) is 0 Å². The van der Waals surface area contributed by atoms with E-state index in [2.05, 4.69) is 22.9 Å². The minimum Gasteiger partial charge on any atom is -0.379 e. The van der Waals surface area contributed by atoms with E-state index >= 15 is 0 Å². The van der Waals surface area contributed by atoms with E-state index in [-0.39, 0.29) is 24.2 Å². The van der Waals surface area contributed by atoms with Gasteiger partial charge in [0.2, 0.25) is 11.8 Å². The molecule has 0 bridgehead atoms. The first kappa shape index (κ1) is 22.8. The summed E-state index contributed by atoms with van der Waals surface area (Å²) in [5.41, 5.74) is 5.35. The van der Waals surface area contributed by atoms with E-state index in [1.165, 1.54) is 0 Å². The molecule has 0 aromatic carbocycles. The van der Waals surface area contributed by atoms with Gasteiger partial charge >= 0.3 is 0 Å². The molecule has 1 atom stereocenters. The number of rotatable bonds is 16. The Hall–Kier alpha value is -1.22. The SMILES string of the molecule is CCCOCCOCCNC(=O)C(C)CC(=O)NCCNCCN. The third-order valence-corrected chi connectivity index (χ3v) is 3.15. The lowest BCUT2D eigenvalue weighted by Gasteiger charge is -2.13. The fourth-order valence-electron chi connectivity index (χ4n) is 1.85. The predicted octanol–water partition coefficient (Wildman–Crippen LogP) is -0.763. The first-order chi connectivity index (χ1) is 11.6. The van der Waals surface area contributed by atoms with E-state index in [1.807, 2.05) is 0 Å². The van der Waals surface area contributed by atoms with Gasteiger partial charge in [0, 0.05) is 51.7 Å². The van der Waals surface area contributed by atoms with Crippen LogP contribution in [0.4, 0.5) is 0 Å². The highest BCUT2D eigenvalue weighted by molar-refractivity contribution is 5.85. The van der Waals surface area contributed by atoms with Crippen molar-refractivity contribution in [2.75, 3.05) is 59.2 Å². The Kier molecular flexibility index (Phi) is 15.8. The quantitative estimate of drug-likeness (QED) is 0.273. The third-order valence-electron chi connectivity index (χ3n) is 3.15. The molecule has 0 aliphatic rings. The van der Waals surface area contributed by atoms with Crippen molar-refractivity contribution < 1.29 is 19.1 Å². The normalized spacial score (nSPS) is 12.0. The van der Waals surface area contributed by atoms with Crippen LogP contribution in [-0.2, 0) is 19.1 Å². The second kappa shape index (κ2) is 16.6. The summed E-state index contributed by atoms with van der Waals surface area (Å²) in [7, 11) is 0. The van der Waals surface area contributed by atoms with Crippen LogP contribution in [0.25, 0.3) is 0 Å². The number of nitrogens with one attached hydrogen (secondary N) is 3. The number of carbonyl (C=O) groups excluding carboxylic acids is 2. The average molecular weight is 346 g/mol. The average Bonchev–Trinajstić information content (AvgIpc) is 2.56. The molecule has 0 saturated heterocycles. The van der Waals surface area contributed by atoms with Crippen LogP contribution >= 0.6 is 0 Å². The Labute approximate surface area is 145 Å². The molecule has 5 N–H and O–H groups in total. The van der Waals surface area contributed by atoms with Crippen molar-refractivity contribution in [3.63, 3.8) is 0 Å². The highest BCUT2D eigenvalue weighted by atomic mass is 16.5. The molecule has 0 aromatic heterocycles. The van der Waals surface area contributed by atoms with Crippen LogP contribution in [-0.4, -0.2) is 71.0 Å². The molecule has 0 rings (SSSR count). The zero-order valence-electron chi connectivity index (χ0n) is 15.1. The molecule has 8 heteroatoms. The van der Waals surface area contributed by atoms with E-state index in [0.29, 0.717) is 46.0 Å². The van der Waals surface area contributed by atoms with Crippen molar-refractivity contribution in [3.8, 4) is 0 Å². The molecule has 0 aliphatic heterocycles. The molecule has 24 heavy (non-hydrogen) atoms. The van der Waals surface area contributed by atoms with Crippen molar-refractivity contribution in [2.24, 2.45) is 11.7 Å². The number of amides is 2. The van der Waals surface area contributed by atoms with Crippen LogP contribution in [0.1, 0.15) is 26.7 Å². The van der Waals surface area contributed by atoms with Gasteiger partial charge in [0.25, 0.3) is 0 Å². The maximum atomic E-state index is 11.9. The van der Waals surface area contributed by atoms with Crippen molar-refractivity contribution in [1.82, 2.24) is 16.0 Å². The van der Waals surface area contributed by atoms with Gasteiger partial charge in [-0.25, -0.2) is 0 Å². The van der Waals surface area contributed by atoms with Crippen LogP contribution < -0.4 is 21.7 Å². The van der Waals surface area contributed by atoms with Crippen LogP contribution in [0.3, 0.4) is 0 Å². The number of nitrogens with two attached hydrogens (primary N) is 1. The summed E-state index contributed by atoms with van der Waals surface area (Å²) in [5.74, 6) is -0.636. The number of ether oxygens (including phenoxy) is 2. The molecule has 0 spiro atoms. The summed E-state index contributed by atoms with van der Waals surface area (Å²) in [6.07, 6.45) is 1.17. The number of hydrogen-bond donors (Lipinski definition) is 4. The number of hydrogen-bond acceptors (Lipinski definition) is 6. The first-order valence-electron chi connectivity index (χ1n) is 8.72. The summed E-state index contributed by atoms with van der Waals surface area (Å²) < 4.78 is 10.6. The maximum absolute atomic E-state index is 11.9. The summed E-state index contributed by atoms with van der Waals surface area (Å²) in [4.78, 5) is 23.6. The van der Waals surface area contributed by atoms with Gasteiger partial charge in [0.15, 0.2) is 0 Å². The Morgan fingerprint density at radius 1 is 0.958 bits per heavy atom. The number of carbonyl (C=O) groups is 2. The van der Waals surface area contributed by atoms with Crippen LogP contribution in [0.5, 0.6) is 0 Å². The van der Waals surface area contributed by atoms with Gasteiger partial charge < -0.3 is 31.2 Å². The molecule has 0 aromatic rings. The van der Waals surface area contributed by atoms with E-state index in [1.54, 1.807) is 6.92 Å². The fraction of sp³-hybridized carbons (Fsp3) is 0.875. The largest absolute Gasteiger partial charge is 0.379 e. The lowest BCUT2D eigenvalue weighted by molar-refractivity contribution is -0.129. The zero-order chi connectivity index (χ0) is 18.0. The van der Waals surface area contributed by atoms with Crippen LogP contribution in [0, 0.1) is 5.92 Å². The predicted molar refractivity (Wildman–Crippen MR) is 93.7 cm³/mol. The minimum absolute atomic E-state index is 0.128. The molecule has 1 unspecified atom stereocenters. The molecule has 0 fully saturated rings. The van der Waals surface area contributed by atoms with Crippen LogP contribution in [0.15, 0.2) is 0 Å². The van der Waals surface area contributed by atoms with Crippen molar-refractivity contribution in [2.45, 2.75) is 26.7 Å². The fourth-order valence-corrected chi connectivity index (χ4v) is 1.85. The van der Waals surface area contributed by atoms with Crippen molar-refractivity contribution >= 4 is 11.8 Å². The van der Waals surface area contributed by atoms with E-state index < -0.39 is 0 Å². The molecule has 0 heterocycles. The third kappa shape index (κ3) is 14.4. The lowest BCUT2D eigenvalue weighted by Crippen LogP contribution is -2.37. The Bertz CT molecular complexity index is 329. The second-order valence-corrected chi connectivity index (χ2v) is 5.51. The van der Waals surface area contributed by atoms with Gasteiger partial charge in [-0.3, -0.25) is 9.59 Å². The molecular weight excluding hydrogens is 312 g/mol. The van der Waals surface area contributed by atoms with E-state index in [9.17, 15) is 9.59 Å². The Balaban J connectivity index is 3.56. The van der Waals surface area contributed by atoms with Gasteiger partial charge in [-0.15, -0.1) is 0 Å². The van der Waals surface area contributed by atoms with Gasteiger partial charge in [-0.1, -0.05) is 13.8 Å². The molecule has 0 saturated carbocycles. The molecule has 8 nitrogen and oxygen atoms in total. The van der Waals surface area contributed by atoms with Crippen LogP contribution in [0.2, 0.25) is 0 Å². The summed E-state index contributed by atoms with van der Waals surface area (Å²) in [5, 5.41) is 8.61. The molecule has 0 aliphatic carbocycles.